The molecule has 0 aliphatic rings. The first-order valence-electron chi connectivity index (χ1n) is 15.1. The first-order chi connectivity index (χ1) is 21.6. The van der Waals surface area contributed by atoms with Crippen LogP contribution in [0.5, 0.6) is 0 Å². The van der Waals surface area contributed by atoms with Crippen molar-refractivity contribution in [3.8, 4) is 0 Å². The van der Waals surface area contributed by atoms with E-state index in [4.69, 9.17) is 0 Å². The van der Waals surface area contributed by atoms with Crippen molar-refractivity contribution in [3.63, 3.8) is 0 Å². The van der Waals surface area contributed by atoms with E-state index in [2.05, 4.69) is 21.2 Å². The highest BCUT2D eigenvalue weighted by molar-refractivity contribution is 9.10. The van der Waals surface area contributed by atoms with E-state index in [0.29, 0.717) is 17.8 Å². The number of halogens is 1. The second-order valence-electron chi connectivity index (χ2n) is 11.1. The van der Waals surface area contributed by atoms with Crippen molar-refractivity contribution < 1.29 is 18.0 Å². The van der Waals surface area contributed by atoms with Crippen LogP contribution in [0, 0.1) is 13.8 Å². The minimum Gasteiger partial charge on any atom is -0.354 e. The Kier molecular flexibility index (Phi) is 12.0. The van der Waals surface area contributed by atoms with Crippen LogP contribution in [0.4, 0.5) is 5.69 Å². The molecule has 9 heteroatoms. The molecule has 4 aromatic rings. The van der Waals surface area contributed by atoms with Crippen LogP contribution in [0.2, 0.25) is 0 Å². The van der Waals surface area contributed by atoms with Gasteiger partial charge in [-0.3, -0.25) is 13.9 Å². The number of carbonyl (C=O) groups is 2. The fraction of sp³-hybridized carbons (Fsp3) is 0.278. The Hall–Kier alpha value is -3.95. The molecule has 2 amide bonds. The number of sulfonamides is 1. The van der Waals surface area contributed by atoms with Gasteiger partial charge in [-0.2, -0.15) is 0 Å². The molecule has 0 bridgehead atoms. The molecular formula is C36H40BrN3O4S. The summed E-state index contributed by atoms with van der Waals surface area (Å²) in [6.07, 6.45) is 1.99. The molecule has 1 N–H and O–H groups in total. The summed E-state index contributed by atoms with van der Waals surface area (Å²) in [6, 6.07) is 29.9. The van der Waals surface area contributed by atoms with E-state index in [9.17, 15) is 18.0 Å². The normalized spacial score (nSPS) is 11.9. The minimum absolute atomic E-state index is 0.0791. The van der Waals surface area contributed by atoms with Crippen molar-refractivity contribution in [1.29, 1.82) is 0 Å². The fourth-order valence-corrected chi connectivity index (χ4v) is 7.05. The molecule has 4 rings (SSSR count). The molecular weight excluding hydrogens is 650 g/mol. The second-order valence-corrected chi connectivity index (χ2v) is 13.9. The molecule has 4 aromatic carbocycles. The van der Waals surface area contributed by atoms with Gasteiger partial charge in [-0.15, -0.1) is 0 Å². The molecule has 0 aromatic heterocycles. The average molecular weight is 691 g/mol. The van der Waals surface area contributed by atoms with E-state index in [1.54, 1.807) is 24.3 Å². The van der Waals surface area contributed by atoms with Crippen LogP contribution in [0.15, 0.2) is 112 Å². The highest BCUT2D eigenvalue weighted by Crippen LogP contribution is 2.29. The van der Waals surface area contributed by atoms with E-state index in [1.165, 1.54) is 21.3 Å². The summed E-state index contributed by atoms with van der Waals surface area (Å²) in [5.41, 5.74) is 3.69. The Bertz CT molecular complexity index is 1700. The first kappa shape index (κ1) is 33.9. The third kappa shape index (κ3) is 9.05. The Morgan fingerprint density at radius 2 is 1.51 bits per heavy atom. The maximum absolute atomic E-state index is 14.6. The van der Waals surface area contributed by atoms with Gasteiger partial charge in [0, 0.05) is 24.0 Å². The topological polar surface area (TPSA) is 86.8 Å². The zero-order valence-electron chi connectivity index (χ0n) is 25.9. The predicted octanol–water partition coefficient (Wildman–Crippen LogP) is 6.82. The van der Waals surface area contributed by atoms with E-state index in [0.717, 1.165) is 34.0 Å². The van der Waals surface area contributed by atoms with Gasteiger partial charge in [0.25, 0.3) is 10.0 Å². The summed E-state index contributed by atoms with van der Waals surface area (Å²) in [6.45, 7) is 5.87. The molecule has 1 atom stereocenters. The molecule has 45 heavy (non-hydrogen) atoms. The summed E-state index contributed by atoms with van der Waals surface area (Å²) in [7, 11) is -4.15. The quantitative estimate of drug-likeness (QED) is 0.147. The number of amides is 2. The van der Waals surface area contributed by atoms with Crippen LogP contribution < -0.4 is 9.62 Å². The average Bonchev–Trinajstić information content (AvgIpc) is 3.03. The third-order valence-corrected chi connectivity index (χ3v) is 9.85. The maximum atomic E-state index is 14.6. The lowest BCUT2D eigenvalue weighted by molar-refractivity contribution is -0.140. The van der Waals surface area contributed by atoms with Crippen molar-refractivity contribution >= 4 is 43.5 Å². The number of benzene rings is 4. The number of unbranched alkanes of at least 4 members (excludes halogenated alkanes) is 1. The molecule has 0 aliphatic carbocycles. The van der Waals surface area contributed by atoms with Crippen LogP contribution in [-0.4, -0.2) is 44.3 Å². The van der Waals surface area contributed by atoms with E-state index in [-0.39, 0.29) is 23.8 Å². The lowest BCUT2D eigenvalue weighted by atomic mass is 10.0. The van der Waals surface area contributed by atoms with Gasteiger partial charge in [0.15, 0.2) is 0 Å². The van der Waals surface area contributed by atoms with Crippen LogP contribution in [0.3, 0.4) is 0 Å². The zero-order chi connectivity index (χ0) is 32.4. The lowest BCUT2D eigenvalue weighted by Crippen LogP contribution is -2.53. The van der Waals surface area contributed by atoms with Gasteiger partial charge >= 0.3 is 0 Å². The number of hydrogen-bond donors (Lipinski definition) is 1. The molecule has 1 unspecified atom stereocenters. The van der Waals surface area contributed by atoms with Crippen molar-refractivity contribution in [2.24, 2.45) is 0 Å². The number of aryl methyl sites for hydroxylation is 2. The largest absolute Gasteiger partial charge is 0.354 e. The Labute approximate surface area is 275 Å². The molecule has 0 saturated heterocycles. The number of hydrogen-bond acceptors (Lipinski definition) is 4. The first-order valence-corrected chi connectivity index (χ1v) is 17.3. The number of nitrogens with one attached hydrogen (secondary N) is 1. The molecule has 236 valence electrons. The van der Waals surface area contributed by atoms with Gasteiger partial charge in [0.1, 0.15) is 12.6 Å². The summed E-state index contributed by atoms with van der Waals surface area (Å²) in [5.74, 6) is -0.762. The third-order valence-electron chi connectivity index (χ3n) is 7.59. The SMILES string of the molecule is CCCCNC(=O)C(Cc1ccccc1)N(Cc1cccc(Br)c1)C(=O)CN(c1cc(C)ccc1C)S(=O)(=O)c1ccccc1. The number of nitrogens with zero attached hydrogens (tertiary/aromatic N) is 2. The molecule has 0 heterocycles. The van der Waals surface area contributed by atoms with Crippen molar-refractivity contribution in [2.75, 3.05) is 17.4 Å². The summed E-state index contributed by atoms with van der Waals surface area (Å²) >= 11 is 3.52. The highest BCUT2D eigenvalue weighted by atomic mass is 79.9. The van der Waals surface area contributed by atoms with Gasteiger partial charge in [-0.05, 0) is 72.9 Å². The Morgan fingerprint density at radius 3 is 2.18 bits per heavy atom. The van der Waals surface area contributed by atoms with Crippen LogP contribution in [0.1, 0.15) is 42.0 Å². The molecule has 0 spiro atoms. The van der Waals surface area contributed by atoms with Gasteiger partial charge in [-0.1, -0.05) is 102 Å². The molecule has 0 radical (unpaired) electrons. The van der Waals surface area contributed by atoms with Crippen molar-refractivity contribution in [1.82, 2.24) is 10.2 Å². The highest BCUT2D eigenvalue weighted by Gasteiger charge is 2.35. The van der Waals surface area contributed by atoms with Crippen LogP contribution >= 0.6 is 15.9 Å². The summed E-state index contributed by atoms with van der Waals surface area (Å²) in [5, 5.41) is 3.02. The Morgan fingerprint density at radius 1 is 0.844 bits per heavy atom. The second kappa shape index (κ2) is 15.9. The van der Waals surface area contributed by atoms with Gasteiger partial charge in [0.05, 0.1) is 10.6 Å². The predicted molar refractivity (Wildman–Crippen MR) is 183 cm³/mol. The van der Waals surface area contributed by atoms with E-state index in [1.807, 2.05) is 87.5 Å². The maximum Gasteiger partial charge on any atom is 0.264 e. The Balaban J connectivity index is 1.81. The molecule has 0 fully saturated rings. The van der Waals surface area contributed by atoms with Gasteiger partial charge in [-0.25, -0.2) is 8.42 Å². The molecule has 0 aliphatic heterocycles. The lowest BCUT2D eigenvalue weighted by Gasteiger charge is -2.34. The zero-order valence-corrected chi connectivity index (χ0v) is 28.4. The summed E-state index contributed by atoms with van der Waals surface area (Å²) < 4.78 is 30.4. The molecule has 7 nitrogen and oxygen atoms in total. The van der Waals surface area contributed by atoms with Gasteiger partial charge < -0.3 is 10.2 Å². The number of carbonyl (C=O) groups excluding carboxylic acids is 2. The monoisotopic (exact) mass is 689 g/mol. The minimum atomic E-state index is -4.15. The fourth-order valence-electron chi connectivity index (χ4n) is 5.11. The smallest absolute Gasteiger partial charge is 0.264 e. The van der Waals surface area contributed by atoms with Crippen LogP contribution in [0.25, 0.3) is 0 Å². The number of rotatable bonds is 14. The van der Waals surface area contributed by atoms with Crippen molar-refractivity contribution in [2.45, 2.75) is 57.5 Å². The van der Waals surface area contributed by atoms with Crippen molar-refractivity contribution in [3.05, 3.63) is 130 Å². The summed E-state index contributed by atoms with van der Waals surface area (Å²) in [4.78, 5) is 30.0. The van der Waals surface area contributed by atoms with Gasteiger partial charge in [0.2, 0.25) is 11.8 Å². The molecule has 0 saturated carbocycles. The standard InChI is InChI=1S/C36H40BrN3O4S/c1-4-5-21-38-36(42)34(24-29-13-8-6-9-14-29)39(25-30-15-12-16-31(37)23-30)35(41)26-40(33-22-27(2)19-20-28(33)3)45(43,44)32-17-10-7-11-18-32/h6-20,22-23,34H,4-5,21,24-26H2,1-3H3,(H,38,42). The van der Waals surface area contributed by atoms with E-state index < -0.39 is 28.5 Å². The number of anilines is 1. The van der Waals surface area contributed by atoms with E-state index >= 15 is 0 Å². The van der Waals surface area contributed by atoms with Crippen LogP contribution in [-0.2, 0) is 32.6 Å².